The van der Waals surface area contributed by atoms with Crippen molar-refractivity contribution in [3.05, 3.63) is 124 Å². The predicted molar refractivity (Wildman–Crippen MR) is 136 cm³/mol. The first kappa shape index (κ1) is 24.1. The number of hydrogen-bond donors (Lipinski definition) is 0. The highest BCUT2D eigenvalue weighted by Crippen LogP contribution is 2.29. The van der Waals surface area contributed by atoms with Gasteiger partial charge in [-0.1, -0.05) is 48.5 Å². The number of benzene rings is 3. The largest absolute Gasteiger partial charge is 0.872 e. The van der Waals surface area contributed by atoms with E-state index >= 15 is 0 Å². The van der Waals surface area contributed by atoms with Crippen LogP contribution in [0.25, 0.3) is 16.9 Å². The van der Waals surface area contributed by atoms with Crippen molar-refractivity contribution in [1.82, 2.24) is 4.57 Å². The Balaban J connectivity index is 1.49. The first-order valence-electron chi connectivity index (χ1n) is 11.8. The molecule has 0 saturated heterocycles. The summed E-state index contributed by atoms with van der Waals surface area (Å²) < 4.78 is 28.3. The number of pyridine rings is 1. The highest BCUT2D eigenvalue weighted by atomic mass is 19.1. The Morgan fingerprint density at radius 3 is 2.38 bits per heavy atom. The third-order valence-corrected chi connectivity index (χ3v) is 6.28. The summed E-state index contributed by atoms with van der Waals surface area (Å²) in [6, 6.07) is 23.9. The van der Waals surface area contributed by atoms with E-state index in [-0.39, 0.29) is 23.7 Å². The lowest BCUT2D eigenvalue weighted by Gasteiger charge is -2.14. The molecule has 2 aromatic heterocycles. The average Bonchev–Trinajstić information content (AvgIpc) is 2.92. The summed E-state index contributed by atoms with van der Waals surface area (Å²) in [6.45, 7) is 2.39. The molecule has 0 N–H and O–H groups in total. The Morgan fingerprint density at radius 1 is 0.919 bits per heavy atom. The SMILES string of the molecule is COc1cc(Cn2c(=O)c(C)c(-c3ccc([O-])cc3)[n+]3ccccc23)ccc1OCc1ccc(F)cc1. The summed E-state index contributed by atoms with van der Waals surface area (Å²) in [4.78, 5) is 13.6. The van der Waals surface area contributed by atoms with Crippen molar-refractivity contribution in [1.29, 1.82) is 0 Å². The van der Waals surface area contributed by atoms with E-state index < -0.39 is 0 Å². The zero-order valence-electron chi connectivity index (χ0n) is 20.5. The number of methoxy groups -OCH3 is 1. The molecule has 3 aromatic carbocycles. The van der Waals surface area contributed by atoms with Gasteiger partial charge in [0.05, 0.1) is 18.9 Å². The number of hydrogen-bond acceptors (Lipinski definition) is 4. The second-order valence-corrected chi connectivity index (χ2v) is 8.72. The average molecular weight is 497 g/mol. The van der Waals surface area contributed by atoms with Gasteiger partial charge in [0.15, 0.2) is 17.2 Å². The number of ether oxygens (including phenoxy) is 2. The molecule has 0 aliphatic carbocycles. The molecular formula is C30H25FN2O4. The monoisotopic (exact) mass is 496 g/mol. The minimum absolute atomic E-state index is 0.0805. The maximum Gasteiger partial charge on any atom is 0.341 e. The Bertz CT molecular complexity index is 1630. The van der Waals surface area contributed by atoms with Gasteiger partial charge in [0.1, 0.15) is 19.0 Å². The van der Waals surface area contributed by atoms with E-state index in [1.807, 2.05) is 47.0 Å². The Labute approximate surface area is 213 Å². The highest BCUT2D eigenvalue weighted by Gasteiger charge is 2.22. The molecule has 0 radical (unpaired) electrons. The molecule has 0 aliphatic rings. The minimum Gasteiger partial charge on any atom is -0.872 e. The van der Waals surface area contributed by atoms with Crippen molar-refractivity contribution in [2.75, 3.05) is 7.11 Å². The second kappa shape index (κ2) is 10.1. The standard InChI is InChI=1S/C30H25FN2O4/c1-20-29(23-9-13-25(34)14-10-23)32-16-4-3-5-28(32)33(30(20)35)18-22-8-15-26(27(17-22)36-2)37-19-21-6-11-24(31)12-7-21/h3-17H,18-19H2,1-2H3. The second-order valence-electron chi connectivity index (χ2n) is 8.72. The van der Waals surface area contributed by atoms with Crippen LogP contribution in [0, 0.1) is 12.7 Å². The lowest BCUT2D eigenvalue weighted by molar-refractivity contribution is -0.504. The van der Waals surface area contributed by atoms with Crippen LogP contribution in [0.15, 0.2) is 95.9 Å². The maximum absolute atomic E-state index is 13.6. The smallest absolute Gasteiger partial charge is 0.341 e. The van der Waals surface area contributed by atoms with Crippen LogP contribution >= 0.6 is 0 Å². The Kier molecular flexibility index (Phi) is 6.60. The molecule has 37 heavy (non-hydrogen) atoms. The third kappa shape index (κ3) is 4.89. The van der Waals surface area contributed by atoms with E-state index in [1.165, 1.54) is 24.3 Å². The van der Waals surface area contributed by atoms with Gasteiger partial charge in [0.25, 0.3) is 5.65 Å². The molecule has 0 spiro atoms. The fraction of sp³-hybridized carbons (Fsp3) is 0.133. The Hall–Kier alpha value is -4.65. The quantitative estimate of drug-likeness (QED) is 0.313. The molecule has 0 aliphatic heterocycles. The van der Waals surface area contributed by atoms with Crippen molar-refractivity contribution >= 4 is 5.65 Å². The van der Waals surface area contributed by atoms with Gasteiger partial charge in [0, 0.05) is 11.6 Å². The van der Waals surface area contributed by atoms with Crippen molar-refractivity contribution in [3.8, 4) is 28.5 Å². The molecule has 5 aromatic rings. The molecular weight excluding hydrogens is 471 g/mol. The van der Waals surface area contributed by atoms with E-state index in [9.17, 15) is 14.3 Å². The lowest BCUT2D eigenvalue weighted by Crippen LogP contribution is -2.38. The molecule has 0 fully saturated rings. The topological polar surface area (TPSA) is 67.6 Å². The van der Waals surface area contributed by atoms with E-state index in [0.29, 0.717) is 23.6 Å². The van der Waals surface area contributed by atoms with Gasteiger partial charge < -0.3 is 14.6 Å². The van der Waals surface area contributed by atoms with Gasteiger partial charge >= 0.3 is 5.56 Å². The van der Waals surface area contributed by atoms with Crippen LogP contribution in [0.3, 0.4) is 0 Å². The van der Waals surface area contributed by atoms with Crippen molar-refractivity contribution < 1.29 is 23.4 Å². The number of aromatic nitrogens is 2. The summed E-state index contributed by atoms with van der Waals surface area (Å²) >= 11 is 0. The Morgan fingerprint density at radius 2 is 1.65 bits per heavy atom. The molecule has 2 heterocycles. The third-order valence-electron chi connectivity index (χ3n) is 6.28. The van der Waals surface area contributed by atoms with Crippen LogP contribution in [0.4, 0.5) is 4.39 Å². The summed E-state index contributed by atoms with van der Waals surface area (Å²) in [6.07, 6.45) is 1.91. The van der Waals surface area contributed by atoms with E-state index in [2.05, 4.69) is 0 Å². The zero-order valence-corrected chi connectivity index (χ0v) is 20.5. The summed E-state index contributed by atoms with van der Waals surface area (Å²) in [5, 5.41) is 11.6. The number of halogens is 1. The zero-order chi connectivity index (χ0) is 25.9. The number of rotatable bonds is 7. The predicted octanol–water partition coefficient (Wildman–Crippen LogP) is 4.41. The van der Waals surface area contributed by atoms with Crippen LogP contribution in [0.1, 0.15) is 16.7 Å². The molecule has 5 rings (SSSR count). The summed E-state index contributed by atoms with van der Waals surface area (Å²) in [5.74, 6) is 0.713. The van der Waals surface area contributed by atoms with Crippen LogP contribution < -0.4 is 24.5 Å². The van der Waals surface area contributed by atoms with Crippen LogP contribution in [0.5, 0.6) is 17.2 Å². The fourth-order valence-corrected chi connectivity index (χ4v) is 4.41. The first-order chi connectivity index (χ1) is 17.9. The van der Waals surface area contributed by atoms with Gasteiger partial charge in [-0.2, -0.15) is 8.97 Å². The molecule has 0 unspecified atom stereocenters. The highest BCUT2D eigenvalue weighted by molar-refractivity contribution is 5.61. The molecule has 186 valence electrons. The molecule has 7 heteroatoms. The lowest BCUT2D eigenvalue weighted by atomic mass is 10.1. The van der Waals surface area contributed by atoms with Crippen LogP contribution in [-0.2, 0) is 13.2 Å². The molecule has 0 saturated carbocycles. The van der Waals surface area contributed by atoms with E-state index in [0.717, 1.165) is 28.0 Å². The van der Waals surface area contributed by atoms with Crippen molar-refractivity contribution in [2.24, 2.45) is 0 Å². The normalized spacial score (nSPS) is 11.0. The molecule has 0 bridgehead atoms. The van der Waals surface area contributed by atoms with Gasteiger partial charge in [-0.05, 0) is 48.4 Å². The van der Waals surface area contributed by atoms with Gasteiger partial charge in [-0.25, -0.2) is 9.18 Å². The van der Waals surface area contributed by atoms with Crippen LogP contribution in [0.2, 0.25) is 0 Å². The van der Waals surface area contributed by atoms with Gasteiger partial charge in [-0.15, -0.1) is 5.75 Å². The van der Waals surface area contributed by atoms with E-state index in [1.54, 1.807) is 42.9 Å². The van der Waals surface area contributed by atoms with Gasteiger partial charge in [-0.3, -0.25) is 0 Å². The molecule has 6 nitrogen and oxygen atoms in total. The maximum atomic E-state index is 13.6. The van der Waals surface area contributed by atoms with Crippen molar-refractivity contribution in [3.63, 3.8) is 0 Å². The first-order valence-corrected chi connectivity index (χ1v) is 11.8. The fourth-order valence-electron chi connectivity index (χ4n) is 4.41. The van der Waals surface area contributed by atoms with E-state index in [4.69, 9.17) is 9.47 Å². The number of fused-ring (bicyclic) bond motifs is 1. The van der Waals surface area contributed by atoms with Crippen LogP contribution in [-0.4, -0.2) is 11.7 Å². The summed E-state index contributed by atoms with van der Waals surface area (Å²) in [7, 11) is 1.56. The molecule has 0 amide bonds. The number of nitrogens with zero attached hydrogens (tertiary/aromatic N) is 2. The van der Waals surface area contributed by atoms with Gasteiger partial charge in [0.2, 0.25) is 0 Å². The minimum atomic E-state index is -0.296. The molecule has 0 atom stereocenters. The van der Waals surface area contributed by atoms with Crippen molar-refractivity contribution in [2.45, 2.75) is 20.1 Å². The summed E-state index contributed by atoms with van der Waals surface area (Å²) in [5.41, 5.74) is 4.42.